The molecule has 0 bridgehead atoms. The van der Waals surface area contributed by atoms with Gasteiger partial charge in [-0.1, -0.05) is 6.07 Å². The van der Waals surface area contributed by atoms with Crippen LogP contribution in [0.3, 0.4) is 0 Å². The molecule has 3 aromatic rings. The summed E-state index contributed by atoms with van der Waals surface area (Å²) in [5, 5.41) is 13.7. The van der Waals surface area contributed by atoms with Crippen molar-refractivity contribution in [1.29, 1.82) is 0 Å². The number of rotatable bonds is 7. The Morgan fingerprint density at radius 2 is 1.79 bits per heavy atom. The largest absolute Gasteiger partial charge is 0.435 e. The average Bonchev–Trinajstić information content (AvgIpc) is 3.10. The third-order valence-corrected chi connectivity index (χ3v) is 8.84. The Kier molecular flexibility index (Phi) is 7.17. The molecule has 0 saturated carbocycles. The monoisotopic (exact) mass is 551 g/mol. The van der Waals surface area contributed by atoms with Gasteiger partial charge in [-0.25, -0.2) is 13.2 Å². The number of aliphatic hydroxyl groups is 1. The number of aromatic nitrogens is 2. The van der Waals surface area contributed by atoms with E-state index in [0.29, 0.717) is 11.0 Å². The normalized spacial score (nSPS) is 17.9. The lowest BCUT2D eigenvalue weighted by atomic mass is 9.94. The molecular formula is C26H31F2N3O6S. The summed E-state index contributed by atoms with van der Waals surface area (Å²) in [5.41, 5.74) is -1.28. The second-order valence-electron chi connectivity index (χ2n) is 10.6. The minimum Gasteiger partial charge on any atom is -0.435 e. The van der Waals surface area contributed by atoms with Crippen molar-refractivity contribution in [3.05, 3.63) is 58.5 Å². The Labute approximate surface area is 218 Å². The highest BCUT2D eigenvalue weighted by atomic mass is 32.2. The van der Waals surface area contributed by atoms with E-state index in [-0.39, 0.29) is 41.3 Å². The van der Waals surface area contributed by atoms with Crippen LogP contribution in [0.2, 0.25) is 0 Å². The highest BCUT2D eigenvalue weighted by molar-refractivity contribution is 7.91. The molecule has 0 unspecified atom stereocenters. The Balaban J connectivity index is 1.81. The lowest BCUT2D eigenvalue weighted by Gasteiger charge is -2.34. The minimum absolute atomic E-state index is 0.0113. The number of imidazole rings is 1. The van der Waals surface area contributed by atoms with Crippen LogP contribution >= 0.6 is 0 Å². The molecule has 2 N–H and O–H groups in total. The number of fused-ring (bicyclic) bond motifs is 1. The van der Waals surface area contributed by atoms with Crippen molar-refractivity contribution in [2.75, 3.05) is 11.5 Å². The van der Waals surface area contributed by atoms with Gasteiger partial charge < -0.3 is 15.2 Å². The SMILES string of the molecule is C[C@H](n1c(=O)n(-c2cccc(OC(F)F)c2)c2ccc(C(=O)NC3(C)CCS(=O)(=O)CC3)cc21)C(C)(C)O. The number of hydrogen-bond donors (Lipinski definition) is 2. The average molecular weight is 552 g/mol. The fourth-order valence-corrected chi connectivity index (χ4v) is 6.29. The lowest BCUT2D eigenvalue weighted by Crippen LogP contribution is -2.50. The van der Waals surface area contributed by atoms with Gasteiger partial charge in [0, 0.05) is 17.2 Å². The van der Waals surface area contributed by atoms with Gasteiger partial charge in [0.05, 0.1) is 39.9 Å². The summed E-state index contributed by atoms with van der Waals surface area (Å²) in [6.45, 7) is 3.54. The summed E-state index contributed by atoms with van der Waals surface area (Å²) in [6.07, 6.45) is 0.578. The standard InChI is InChI=1S/C26H31F2N3O6S/c1-16(25(2,3)34)30-21-14-17(22(32)29-26(4)10-12-38(35,36)13-11-26)8-9-20(21)31(24(30)33)18-6-5-7-19(15-18)37-23(27)28/h5-9,14-16,23,34H,10-13H2,1-4H3,(H,29,32)/t16-/m0/s1. The predicted molar refractivity (Wildman–Crippen MR) is 139 cm³/mol. The number of nitrogens with zero attached hydrogens (tertiary/aromatic N) is 2. The van der Waals surface area contributed by atoms with E-state index in [0.717, 1.165) is 0 Å². The zero-order chi connectivity index (χ0) is 28.0. The van der Waals surface area contributed by atoms with E-state index >= 15 is 0 Å². The van der Waals surface area contributed by atoms with Gasteiger partial charge in [0.15, 0.2) is 0 Å². The number of halogens is 2. The second kappa shape index (κ2) is 9.81. The van der Waals surface area contributed by atoms with Gasteiger partial charge in [-0.3, -0.25) is 13.9 Å². The minimum atomic E-state index is -3.12. The van der Waals surface area contributed by atoms with E-state index in [2.05, 4.69) is 10.1 Å². The molecule has 0 spiro atoms. The lowest BCUT2D eigenvalue weighted by molar-refractivity contribution is -0.0498. The Bertz CT molecular complexity index is 1520. The highest BCUT2D eigenvalue weighted by Gasteiger charge is 2.35. The molecule has 38 heavy (non-hydrogen) atoms. The maximum atomic E-state index is 13.7. The van der Waals surface area contributed by atoms with Crippen molar-refractivity contribution in [3.8, 4) is 11.4 Å². The molecule has 1 aromatic heterocycles. The zero-order valence-electron chi connectivity index (χ0n) is 21.6. The van der Waals surface area contributed by atoms with Gasteiger partial charge in [-0.2, -0.15) is 8.78 Å². The van der Waals surface area contributed by atoms with Crippen molar-refractivity contribution in [2.45, 2.75) is 64.3 Å². The molecule has 1 aliphatic rings. The molecular weight excluding hydrogens is 520 g/mol. The van der Waals surface area contributed by atoms with E-state index in [4.69, 9.17) is 0 Å². The Morgan fingerprint density at radius 3 is 2.39 bits per heavy atom. The molecule has 1 aliphatic heterocycles. The first kappa shape index (κ1) is 27.8. The molecule has 9 nitrogen and oxygen atoms in total. The maximum absolute atomic E-state index is 13.7. The summed E-state index contributed by atoms with van der Waals surface area (Å²) < 4.78 is 56.4. The molecule has 2 aromatic carbocycles. The number of alkyl halides is 2. The third kappa shape index (κ3) is 5.60. The molecule has 12 heteroatoms. The number of carbonyl (C=O) groups excluding carboxylic acids is 1. The summed E-state index contributed by atoms with van der Waals surface area (Å²) in [4.78, 5) is 26.9. The van der Waals surface area contributed by atoms with Gasteiger partial charge in [0.25, 0.3) is 5.91 Å². The van der Waals surface area contributed by atoms with Gasteiger partial charge in [-0.15, -0.1) is 0 Å². The van der Waals surface area contributed by atoms with Gasteiger partial charge in [0.2, 0.25) is 0 Å². The zero-order valence-corrected chi connectivity index (χ0v) is 22.4. The molecule has 4 rings (SSSR count). The number of hydrogen-bond acceptors (Lipinski definition) is 6. The van der Waals surface area contributed by atoms with Crippen molar-refractivity contribution < 1.29 is 31.8 Å². The van der Waals surface area contributed by atoms with Gasteiger partial charge >= 0.3 is 12.3 Å². The first-order chi connectivity index (χ1) is 17.6. The number of amides is 1. The number of ether oxygens (including phenoxy) is 1. The number of carbonyl (C=O) groups is 1. The number of sulfone groups is 1. The summed E-state index contributed by atoms with van der Waals surface area (Å²) in [5.74, 6) is -0.575. The summed E-state index contributed by atoms with van der Waals surface area (Å²) >= 11 is 0. The van der Waals surface area contributed by atoms with Crippen molar-refractivity contribution in [1.82, 2.24) is 14.5 Å². The van der Waals surface area contributed by atoms with Crippen LogP contribution < -0.4 is 15.7 Å². The first-order valence-corrected chi connectivity index (χ1v) is 14.0. The van der Waals surface area contributed by atoms with E-state index in [1.165, 1.54) is 39.5 Å². The van der Waals surface area contributed by atoms with Gasteiger partial charge in [0.1, 0.15) is 15.6 Å². The summed E-state index contributed by atoms with van der Waals surface area (Å²) in [7, 11) is -3.12. The third-order valence-electron chi connectivity index (χ3n) is 7.19. The van der Waals surface area contributed by atoms with Crippen LogP contribution in [0.15, 0.2) is 47.3 Å². The molecule has 1 atom stereocenters. The molecule has 1 saturated heterocycles. The molecule has 2 heterocycles. The summed E-state index contributed by atoms with van der Waals surface area (Å²) in [6, 6.07) is 9.63. The van der Waals surface area contributed by atoms with E-state index in [1.54, 1.807) is 39.8 Å². The van der Waals surface area contributed by atoms with Crippen LogP contribution in [0.1, 0.15) is 56.9 Å². The van der Waals surface area contributed by atoms with Gasteiger partial charge in [-0.05, 0) is 70.9 Å². The van der Waals surface area contributed by atoms with Crippen molar-refractivity contribution >= 4 is 26.8 Å². The quantitative estimate of drug-likeness (QED) is 0.465. The fraction of sp³-hybridized carbons (Fsp3) is 0.462. The number of nitrogens with one attached hydrogen (secondary N) is 1. The highest BCUT2D eigenvalue weighted by Crippen LogP contribution is 2.29. The van der Waals surface area contributed by atoms with Crippen molar-refractivity contribution in [2.24, 2.45) is 0 Å². The topological polar surface area (TPSA) is 120 Å². The fourth-order valence-electron chi connectivity index (χ4n) is 4.56. The van der Waals surface area contributed by atoms with Crippen LogP contribution in [0.25, 0.3) is 16.7 Å². The van der Waals surface area contributed by atoms with Crippen LogP contribution in [-0.2, 0) is 9.84 Å². The van der Waals surface area contributed by atoms with Crippen LogP contribution in [0.5, 0.6) is 5.75 Å². The predicted octanol–water partition coefficient (Wildman–Crippen LogP) is 3.42. The van der Waals surface area contributed by atoms with Crippen LogP contribution in [-0.4, -0.2) is 57.8 Å². The number of benzene rings is 2. The molecule has 0 radical (unpaired) electrons. The van der Waals surface area contributed by atoms with E-state index in [9.17, 15) is 31.9 Å². The molecule has 0 aliphatic carbocycles. The van der Waals surface area contributed by atoms with E-state index < -0.39 is 45.2 Å². The molecule has 1 amide bonds. The second-order valence-corrected chi connectivity index (χ2v) is 12.9. The van der Waals surface area contributed by atoms with Crippen LogP contribution in [0, 0.1) is 0 Å². The Morgan fingerprint density at radius 1 is 1.13 bits per heavy atom. The maximum Gasteiger partial charge on any atom is 0.387 e. The van der Waals surface area contributed by atoms with Crippen molar-refractivity contribution in [3.63, 3.8) is 0 Å². The first-order valence-electron chi connectivity index (χ1n) is 12.2. The van der Waals surface area contributed by atoms with Crippen LogP contribution in [0.4, 0.5) is 8.78 Å². The molecule has 1 fully saturated rings. The molecule has 206 valence electrons. The van der Waals surface area contributed by atoms with E-state index in [1.807, 2.05) is 0 Å². The smallest absolute Gasteiger partial charge is 0.387 e. The Hall–Kier alpha value is -3.25.